The Balaban J connectivity index is 3.12. The minimum atomic E-state index is -0.684. The lowest BCUT2D eigenvalue weighted by Crippen LogP contribution is -2.38. The number of rotatable bonds is 5. The first-order valence-corrected chi connectivity index (χ1v) is 5.39. The number of primary amides is 1. The van der Waals surface area contributed by atoms with E-state index in [9.17, 15) is 9.18 Å². The van der Waals surface area contributed by atoms with Gasteiger partial charge in [-0.25, -0.2) is 4.39 Å². The molecule has 1 amide bonds. The van der Waals surface area contributed by atoms with Crippen molar-refractivity contribution in [3.05, 3.63) is 35.6 Å². The Morgan fingerprint density at radius 1 is 1.38 bits per heavy atom. The number of nitrogens with zero attached hydrogens (tertiary/aromatic N) is 1. The molecule has 0 spiro atoms. The maximum Gasteiger partial charge on any atom is 0.239 e. The largest absolute Gasteiger partial charge is 0.368 e. The molecule has 1 unspecified atom stereocenters. The van der Waals surface area contributed by atoms with E-state index in [0.717, 1.165) is 0 Å². The van der Waals surface area contributed by atoms with Gasteiger partial charge < -0.3 is 5.73 Å². The molecule has 1 aromatic carbocycles. The molecule has 0 saturated heterocycles. The molecule has 1 atom stereocenters. The molecular weight excluding hydrogens is 207 g/mol. The van der Waals surface area contributed by atoms with Gasteiger partial charge in [0, 0.05) is 5.56 Å². The maximum atomic E-state index is 13.6. The van der Waals surface area contributed by atoms with Gasteiger partial charge in [0.25, 0.3) is 0 Å². The van der Waals surface area contributed by atoms with E-state index in [4.69, 9.17) is 5.73 Å². The Morgan fingerprint density at radius 3 is 2.38 bits per heavy atom. The van der Waals surface area contributed by atoms with Gasteiger partial charge in [-0.2, -0.15) is 0 Å². The van der Waals surface area contributed by atoms with Gasteiger partial charge >= 0.3 is 0 Å². The molecular formula is C12H17FN2O. The lowest BCUT2D eigenvalue weighted by Gasteiger charge is -2.27. The van der Waals surface area contributed by atoms with Gasteiger partial charge in [0.1, 0.15) is 11.9 Å². The Kier molecular flexibility index (Phi) is 4.43. The summed E-state index contributed by atoms with van der Waals surface area (Å²) in [5, 5.41) is 0. The fourth-order valence-electron chi connectivity index (χ4n) is 1.82. The third-order valence-corrected chi connectivity index (χ3v) is 2.65. The number of carbonyl (C=O) groups is 1. The van der Waals surface area contributed by atoms with E-state index in [1.165, 1.54) is 6.07 Å². The van der Waals surface area contributed by atoms with Crippen molar-refractivity contribution in [2.75, 3.05) is 13.1 Å². The lowest BCUT2D eigenvalue weighted by atomic mass is 10.0. The third-order valence-electron chi connectivity index (χ3n) is 2.65. The summed E-state index contributed by atoms with van der Waals surface area (Å²) in [4.78, 5) is 13.3. The van der Waals surface area contributed by atoms with Crippen LogP contribution in [0.3, 0.4) is 0 Å². The van der Waals surface area contributed by atoms with Crippen LogP contribution < -0.4 is 5.73 Å². The molecule has 0 aliphatic rings. The molecule has 0 fully saturated rings. The Hall–Kier alpha value is -1.42. The van der Waals surface area contributed by atoms with E-state index in [0.29, 0.717) is 18.7 Å². The highest BCUT2D eigenvalue weighted by Gasteiger charge is 2.25. The number of hydrogen-bond donors (Lipinski definition) is 1. The topological polar surface area (TPSA) is 46.3 Å². The number of halogens is 1. The van der Waals surface area contributed by atoms with Gasteiger partial charge in [-0.3, -0.25) is 9.69 Å². The molecule has 2 N–H and O–H groups in total. The molecule has 16 heavy (non-hydrogen) atoms. The monoisotopic (exact) mass is 224 g/mol. The molecule has 1 rings (SSSR count). The summed E-state index contributed by atoms with van der Waals surface area (Å²) in [5.74, 6) is -0.910. The van der Waals surface area contributed by atoms with E-state index in [2.05, 4.69) is 0 Å². The summed E-state index contributed by atoms with van der Waals surface area (Å²) in [7, 11) is 0. The zero-order valence-electron chi connectivity index (χ0n) is 9.61. The number of likely N-dealkylation sites (N-methyl/N-ethyl adjacent to an activating group) is 1. The first-order valence-electron chi connectivity index (χ1n) is 5.39. The molecule has 0 heterocycles. The highest BCUT2D eigenvalue weighted by molar-refractivity contribution is 5.81. The SMILES string of the molecule is CCN(CC)C(C(N)=O)c1ccccc1F. The summed E-state index contributed by atoms with van der Waals surface area (Å²) in [6.45, 7) is 5.14. The molecule has 0 radical (unpaired) electrons. The van der Waals surface area contributed by atoms with Crippen molar-refractivity contribution in [3.8, 4) is 0 Å². The summed E-state index contributed by atoms with van der Waals surface area (Å²) in [6.07, 6.45) is 0. The van der Waals surface area contributed by atoms with Gasteiger partial charge in [-0.1, -0.05) is 32.0 Å². The Morgan fingerprint density at radius 2 is 1.94 bits per heavy atom. The van der Waals surface area contributed by atoms with Crippen LogP contribution in [0.1, 0.15) is 25.5 Å². The predicted molar refractivity (Wildman–Crippen MR) is 61.3 cm³/mol. The lowest BCUT2D eigenvalue weighted by molar-refractivity contribution is -0.123. The van der Waals surface area contributed by atoms with Crippen LogP contribution in [0.4, 0.5) is 4.39 Å². The molecule has 0 aliphatic carbocycles. The maximum absolute atomic E-state index is 13.6. The van der Waals surface area contributed by atoms with Crippen LogP contribution in [-0.4, -0.2) is 23.9 Å². The Labute approximate surface area is 95.0 Å². The molecule has 4 heteroatoms. The number of nitrogens with two attached hydrogens (primary N) is 1. The van der Waals surface area contributed by atoms with Crippen molar-refractivity contribution < 1.29 is 9.18 Å². The van der Waals surface area contributed by atoms with Crippen molar-refractivity contribution in [2.45, 2.75) is 19.9 Å². The number of hydrogen-bond acceptors (Lipinski definition) is 2. The number of amides is 1. The standard InChI is InChI=1S/C12H17FN2O/c1-3-15(4-2)11(12(14)16)9-7-5-6-8-10(9)13/h5-8,11H,3-4H2,1-2H3,(H2,14,16). The second-order valence-electron chi connectivity index (χ2n) is 3.55. The van der Waals surface area contributed by atoms with Gasteiger partial charge in [0.15, 0.2) is 0 Å². The van der Waals surface area contributed by atoms with E-state index in [-0.39, 0.29) is 0 Å². The van der Waals surface area contributed by atoms with Gasteiger partial charge in [0.05, 0.1) is 0 Å². The normalized spacial score (nSPS) is 12.8. The summed E-state index contributed by atoms with van der Waals surface area (Å²) >= 11 is 0. The van der Waals surface area contributed by atoms with E-state index >= 15 is 0 Å². The van der Waals surface area contributed by atoms with Gasteiger partial charge in [-0.05, 0) is 19.2 Å². The van der Waals surface area contributed by atoms with Crippen molar-refractivity contribution >= 4 is 5.91 Å². The first-order chi connectivity index (χ1) is 7.61. The summed E-state index contributed by atoms with van der Waals surface area (Å²) in [5.41, 5.74) is 5.69. The summed E-state index contributed by atoms with van der Waals surface area (Å²) < 4.78 is 13.6. The van der Waals surface area contributed by atoms with E-state index in [1.807, 2.05) is 18.7 Å². The predicted octanol–water partition coefficient (Wildman–Crippen LogP) is 1.69. The minimum Gasteiger partial charge on any atom is -0.368 e. The van der Waals surface area contributed by atoms with Crippen LogP contribution in [-0.2, 0) is 4.79 Å². The fraction of sp³-hybridized carbons (Fsp3) is 0.417. The Bertz CT molecular complexity index is 364. The van der Waals surface area contributed by atoms with Crippen LogP contribution in [0.15, 0.2) is 24.3 Å². The second-order valence-corrected chi connectivity index (χ2v) is 3.55. The molecule has 0 bridgehead atoms. The molecule has 0 aromatic heterocycles. The number of benzene rings is 1. The summed E-state index contributed by atoms with van der Waals surface area (Å²) in [6, 6.07) is 5.56. The van der Waals surface area contributed by atoms with Crippen LogP contribution in [0.25, 0.3) is 0 Å². The second kappa shape index (κ2) is 5.61. The van der Waals surface area contributed by atoms with Gasteiger partial charge in [-0.15, -0.1) is 0 Å². The van der Waals surface area contributed by atoms with Crippen LogP contribution in [0.5, 0.6) is 0 Å². The number of carbonyl (C=O) groups excluding carboxylic acids is 1. The molecule has 3 nitrogen and oxygen atoms in total. The van der Waals surface area contributed by atoms with Crippen LogP contribution >= 0.6 is 0 Å². The zero-order valence-corrected chi connectivity index (χ0v) is 9.61. The van der Waals surface area contributed by atoms with Crippen LogP contribution in [0.2, 0.25) is 0 Å². The average molecular weight is 224 g/mol. The first kappa shape index (κ1) is 12.6. The highest BCUT2D eigenvalue weighted by atomic mass is 19.1. The smallest absolute Gasteiger partial charge is 0.239 e. The zero-order chi connectivity index (χ0) is 12.1. The quantitative estimate of drug-likeness (QED) is 0.827. The van der Waals surface area contributed by atoms with E-state index in [1.54, 1.807) is 18.2 Å². The molecule has 1 aromatic rings. The fourth-order valence-corrected chi connectivity index (χ4v) is 1.82. The molecule has 0 aliphatic heterocycles. The average Bonchev–Trinajstić information content (AvgIpc) is 2.27. The van der Waals surface area contributed by atoms with E-state index < -0.39 is 17.8 Å². The van der Waals surface area contributed by atoms with Crippen LogP contribution in [0, 0.1) is 5.82 Å². The minimum absolute atomic E-state index is 0.346. The van der Waals surface area contributed by atoms with Crippen molar-refractivity contribution in [2.24, 2.45) is 5.73 Å². The van der Waals surface area contributed by atoms with Crippen molar-refractivity contribution in [3.63, 3.8) is 0 Å². The third kappa shape index (κ3) is 2.58. The molecule has 88 valence electrons. The van der Waals surface area contributed by atoms with Crippen molar-refractivity contribution in [1.82, 2.24) is 4.90 Å². The van der Waals surface area contributed by atoms with Gasteiger partial charge in [0.2, 0.25) is 5.91 Å². The van der Waals surface area contributed by atoms with Crippen molar-refractivity contribution in [1.29, 1.82) is 0 Å². The molecule has 0 saturated carbocycles. The highest BCUT2D eigenvalue weighted by Crippen LogP contribution is 2.22.